The molecule has 0 spiro atoms. The average molecular weight is 458 g/mol. The molecule has 3 aromatic rings. The van der Waals surface area contributed by atoms with E-state index < -0.39 is 0 Å². The highest BCUT2D eigenvalue weighted by Gasteiger charge is 2.27. The number of rotatable bonds is 5. The number of thiazole rings is 2. The zero-order valence-corrected chi connectivity index (χ0v) is 18.8. The van der Waals surface area contributed by atoms with Crippen molar-refractivity contribution in [2.75, 3.05) is 30.3 Å². The first-order valence-corrected chi connectivity index (χ1v) is 12.0. The molecule has 31 heavy (non-hydrogen) atoms. The first kappa shape index (κ1) is 20.5. The predicted octanol–water partition coefficient (Wildman–Crippen LogP) is 3.18. The zero-order valence-electron chi connectivity index (χ0n) is 17.1. The van der Waals surface area contributed by atoms with Crippen LogP contribution in [0.2, 0.25) is 0 Å². The molecular weight excluding hydrogens is 434 g/mol. The number of hydrogen-bond acceptors (Lipinski definition) is 8. The highest BCUT2D eigenvalue weighted by molar-refractivity contribution is 7.22. The summed E-state index contributed by atoms with van der Waals surface area (Å²) in [5.41, 5.74) is 3.08. The van der Waals surface area contributed by atoms with Gasteiger partial charge in [0.25, 0.3) is 5.91 Å². The number of ether oxygens (including phenoxy) is 1. The minimum atomic E-state index is -0.368. The van der Waals surface area contributed by atoms with Gasteiger partial charge in [-0.1, -0.05) is 17.4 Å². The second-order valence-corrected chi connectivity index (χ2v) is 9.99. The van der Waals surface area contributed by atoms with Gasteiger partial charge >= 0.3 is 0 Å². The Morgan fingerprint density at radius 2 is 2.10 bits per heavy atom. The summed E-state index contributed by atoms with van der Waals surface area (Å²) < 4.78 is 6.50. The van der Waals surface area contributed by atoms with Crippen LogP contribution in [0.15, 0.2) is 18.2 Å². The fourth-order valence-corrected chi connectivity index (χ4v) is 5.89. The first-order valence-electron chi connectivity index (χ1n) is 10.3. The van der Waals surface area contributed by atoms with E-state index in [9.17, 15) is 9.59 Å². The van der Waals surface area contributed by atoms with Gasteiger partial charge in [-0.05, 0) is 37.5 Å². The Morgan fingerprint density at radius 1 is 1.23 bits per heavy atom. The van der Waals surface area contributed by atoms with Crippen molar-refractivity contribution >= 4 is 55.0 Å². The van der Waals surface area contributed by atoms with Gasteiger partial charge in [0.2, 0.25) is 5.91 Å². The minimum absolute atomic E-state index is 0.0735. The summed E-state index contributed by atoms with van der Waals surface area (Å²) in [6, 6.07) is 6.07. The first-order chi connectivity index (χ1) is 15.0. The molecule has 0 aliphatic carbocycles. The van der Waals surface area contributed by atoms with Crippen molar-refractivity contribution in [1.82, 2.24) is 14.9 Å². The van der Waals surface area contributed by atoms with E-state index in [0.717, 1.165) is 46.6 Å². The average Bonchev–Trinajstić information content (AvgIpc) is 3.46. The SMILES string of the molecule is Cc1ccc2nc(NC(=O)CN3CCc4nc(NC(=O)C5CCCO5)sc4C3)sc2c1. The molecule has 2 aliphatic heterocycles. The maximum Gasteiger partial charge on any atom is 0.255 e. The lowest BCUT2D eigenvalue weighted by molar-refractivity contribution is -0.124. The monoisotopic (exact) mass is 457 g/mol. The lowest BCUT2D eigenvalue weighted by Crippen LogP contribution is -2.36. The molecule has 4 heterocycles. The zero-order chi connectivity index (χ0) is 21.4. The third kappa shape index (κ3) is 4.62. The molecule has 10 heteroatoms. The van der Waals surface area contributed by atoms with Crippen LogP contribution < -0.4 is 10.6 Å². The van der Waals surface area contributed by atoms with E-state index in [2.05, 4.69) is 31.6 Å². The topological polar surface area (TPSA) is 96.5 Å². The molecule has 8 nitrogen and oxygen atoms in total. The summed E-state index contributed by atoms with van der Waals surface area (Å²) >= 11 is 2.97. The molecule has 0 bridgehead atoms. The molecule has 1 unspecified atom stereocenters. The number of nitrogens with zero attached hydrogens (tertiary/aromatic N) is 3. The van der Waals surface area contributed by atoms with Gasteiger partial charge < -0.3 is 10.1 Å². The summed E-state index contributed by atoms with van der Waals surface area (Å²) in [4.78, 5) is 37.1. The number of hydrogen-bond donors (Lipinski definition) is 2. The van der Waals surface area contributed by atoms with Gasteiger partial charge in [0.15, 0.2) is 10.3 Å². The van der Waals surface area contributed by atoms with E-state index >= 15 is 0 Å². The quantitative estimate of drug-likeness (QED) is 0.611. The van der Waals surface area contributed by atoms with Crippen LogP contribution in [0.4, 0.5) is 10.3 Å². The van der Waals surface area contributed by atoms with E-state index in [1.54, 1.807) is 0 Å². The smallest absolute Gasteiger partial charge is 0.255 e. The highest BCUT2D eigenvalue weighted by atomic mass is 32.1. The summed E-state index contributed by atoms with van der Waals surface area (Å²) in [5.74, 6) is -0.193. The summed E-state index contributed by atoms with van der Waals surface area (Å²) in [7, 11) is 0. The van der Waals surface area contributed by atoms with E-state index in [-0.39, 0.29) is 17.9 Å². The van der Waals surface area contributed by atoms with Gasteiger partial charge in [-0.2, -0.15) is 0 Å². The number of benzene rings is 1. The Bertz CT molecular complexity index is 1140. The number of aryl methyl sites for hydroxylation is 1. The van der Waals surface area contributed by atoms with E-state index in [0.29, 0.717) is 30.0 Å². The number of aromatic nitrogens is 2. The Labute approximate surface area is 187 Å². The number of nitrogens with one attached hydrogen (secondary N) is 2. The summed E-state index contributed by atoms with van der Waals surface area (Å²) in [6.45, 7) is 4.38. The van der Waals surface area contributed by atoms with Gasteiger partial charge in [0, 0.05) is 31.0 Å². The van der Waals surface area contributed by atoms with Crippen molar-refractivity contribution in [3.63, 3.8) is 0 Å². The van der Waals surface area contributed by atoms with Crippen molar-refractivity contribution in [2.24, 2.45) is 0 Å². The van der Waals surface area contributed by atoms with Crippen LogP contribution in [0, 0.1) is 6.92 Å². The van der Waals surface area contributed by atoms with Crippen LogP contribution >= 0.6 is 22.7 Å². The second kappa shape index (κ2) is 8.62. The molecule has 162 valence electrons. The molecule has 1 saturated heterocycles. The van der Waals surface area contributed by atoms with Gasteiger partial charge in [-0.25, -0.2) is 9.97 Å². The van der Waals surface area contributed by atoms with Crippen molar-refractivity contribution in [3.8, 4) is 0 Å². The third-order valence-corrected chi connectivity index (χ3v) is 7.35. The summed E-state index contributed by atoms with van der Waals surface area (Å²) in [5, 5.41) is 7.05. The molecule has 1 aromatic carbocycles. The maximum atomic E-state index is 12.6. The van der Waals surface area contributed by atoms with Crippen LogP contribution in [0.3, 0.4) is 0 Å². The van der Waals surface area contributed by atoms with Crippen molar-refractivity contribution in [1.29, 1.82) is 0 Å². The highest BCUT2D eigenvalue weighted by Crippen LogP contribution is 2.29. The molecule has 2 amide bonds. The standard InChI is InChI=1S/C21H23N5O3S2/c1-12-4-5-13-16(9-12)30-20(22-13)24-18(27)11-26-7-6-14-17(10-26)31-21(23-14)25-19(28)15-3-2-8-29-15/h4-5,9,15H,2-3,6-8,10-11H2,1H3,(H,22,24,27)(H,23,25,28). The van der Waals surface area contributed by atoms with Gasteiger partial charge in [-0.3, -0.25) is 19.8 Å². The molecule has 1 fully saturated rings. The lowest BCUT2D eigenvalue weighted by atomic mass is 10.2. The van der Waals surface area contributed by atoms with Gasteiger partial charge in [0.05, 0.1) is 22.5 Å². The molecule has 2 aliphatic rings. The molecule has 0 saturated carbocycles. The molecule has 0 radical (unpaired) electrons. The number of carbonyl (C=O) groups is 2. The van der Waals surface area contributed by atoms with Crippen LogP contribution in [-0.4, -0.2) is 52.5 Å². The fourth-order valence-electron chi connectivity index (χ4n) is 3.85. The molecule has 1 atom stereocenters. The van der Waals surface area contributed by atoms with Gasteiger partial charge in [-0.15, -0.1) is 11.3 Å². The molecule has 2 N–H and O–H groups in total. The Morgan fingerprint density at radius 3 is 2.94 bits per heavy atom. The van der Waals surface area contributed by atoms with E-state index in [1.807, 2.05) is 19.1 Å². The lowest BCUT2D eigenvalue weighted by Gasteiger charge is -2.24. The third-order valence-electron chi connectivity index (χ3n) is 5.42. The van der Waals surface area contributed by atoms with Crippen molar-refractivity contribution < 1.29 is 14.3 Å². The van der Waals surface area contributed by atoms with Crippen LogP contribution in [0.1, 0.15) is 29.0 Å². The fraction of sp³-hybridized carbons (Fsp3) is 0.429. The van der Waals surface area contributed by atoms with E-state index in [4.69, 9.17) is 4.74 Å². The Hall–Kier alpha value is -2.40. The minimum Gasteiger partial charge on any atom is -0.368 e. The predicted molar refractivity (Wildman–Crippen MR) is 122 cm³/mol. The maximum absolute atomic E-state index is 12.6. The number of amides is 2. The van der Waals surface area contributed by atoms with Crippen LogP contribution in [-0.2, 0) is 27.3 Å². The van der Waals surface area contributed by atoms with Crippen molar-refractivity contribution in [3.05, 3.63) is 34.3 Å². The van der Waals surface area contributed by atoms with Crippen molar-refractivity contribution in [2.45, 2.75) is 38.8 Å². The normalized spacial score (nSPS) is 18.8. The Kier molecular flexibility index (Phi) is 5.70. The largest absolute Gasteiger partial charge is 0.368 e. The number of carbonyl (C=O) groups excluding carboxylic acids is 2. The van der Waals surface area contributed by atoms with Crippen LogP contribution in [0.5, 0.6) is 0 Å². The van der Waals surface area contributed by atoms with E-state index in [1.165, 1.54) is 28.2 Å². The summed E-state index contributed by atoms with van der Waals surface area (Å²) in [6.07, 6.45) is 2.07. The molecular formula is C21H23N5O3S2. The van der Waals surface area contributed by atoms with Crippen LogP contribution in [0.25, 0.3) is 10.2 Å². The molecule has 2 aromatic heterocycles. The number of fused-ring (bicyclic) bond motifs is 2. The Balaban J connectivity index is 1.17. The second-order valence-electron chi connectivity index (χ2n) is 7.88. The number of anilines is 2. The molecule has 5 rings (SSSR count). The van der Waals surface area contributed by atoms with Gasteiger partial charge in [0.1, 0.15) is 6.10 Å².